The van der Waals surface area contributed by atoms with Gasteiger partial charge in [-0.05, 0) is 30.9 Å². The average Bonchev–Trinajstić information content (AvgIpc) is 2.47. The molecule has 7 heteroatoms. The Morgan fingerprint density at radius 3 is 2.81 bits per heavy atom. The summed E-state index contributed by atoms with van der Waals surface area (Å²) in [5, 5.41) is 13.3. The highest BCUT2D eigenvalue weighted by Crippen LogP contribution is 2.43. The molecule has 0 unspecified atom stereocenters. The van der Waals surface area contributed by atoms with Crippen molar-refractivity contribution >= 4 is 35.0 Å². The van der Waals surface area contributed by atoms with Gasteiger partial charge in [-0.2, -0.15) is 0 Å². The lowest BCUT2D eigenvalue weighted by molar-refractivity contribution is -0.147. The third-order valence-corrected chi connectivity index (χ3v) is 4.98. The Kier molecular flexibility index (Phi) is 3.71. The first-order valence-corrected chi connectivity index (χ1v) is 7.48. The minimum Gasteiger partial charge on any atom is -0.508 e. The molecule has 2 aliphatic heterocycles. The molecule has 0 aromatic heterocycles. The smallest absolute Gasteiger partial charge is 0.243 e. The number of fused-ring (bicyclic) bond motifs is 1. The van der Waals surface area contributed by atoms with Gasteiger partial charge in [0.1, 0.15) is 11.8 Å². The van der Waals surface area contributed by atoms with Gasteiger partial charge in [0, 0.05) is 12.1 Å². The molecule has 2 atom stereocenters. The number of benzene rings is 1. The summed E-state index contributed by atoms with van der Waals surface area (Å²) < 4.78 is 0. The highest BCUT2D eigenvalue weighted by Gasteiger charge is 2.40. The Labute approximate surface area is 131 Å². The third-order valence-electron chi connectivity index (χ3n) is 4.16. The molecule has 0 aliphatic carbocycles. The Hall–Kier alpha value is -1.46. The molecule has 5 nitrogen and oxygen atoms in total. The van der Waals surface area contributed by atoms with Crippen molar-refractivity contribution in [3.63, 3.8) is 0 Å². The zero-order valence-electron chi connectivity index (χ0n) is 11.1. The summed E-state index contributed by atoms with van der Waals surface area (Å²) in [5.74, 6) is -0.254. The van der Waals surface area contributed by atoms with E-state index in [1.54, 1.807) is 4.90 Å². The summed E-state index contributed by atoms with van der Waals surface area (Å²) in [5.41, 5.74) is 0.564. The highest BCUT2D eigenvalue weighted by atomic mass is 35.5. The van der Waals surface area contributed by atoms with Crippen LogP contribution in [0.2, 0.25) is 10.0 Å². The van der Waals surface area contributed by atoms with E-state index >= 15 is 0 Å². The Bertz CT molecular complexity index is 620. The van der Waals surface area contributed by atoms with Crippen molar-refractivity contribution < 1.29 is 14.7 Å². The lowest BCUT2D eigenvalue weighted by Crippen LogP contribution is -2.60. The fourth-order valence-electron chi connectivity index (χ4n) is 3.10. The molecule has 1 aromatic rings. The van der Waals surface area contributed by atoms with Crippen LogP contribution in [0.1, 0.15) is 24.3 Å². The summed E-state index contributed by atoms with van der Waals surface area (Å²) in [6, 6.07) is 2.54. The fourth-order valence-corrected chi connectivity index (χ4v) is 3.58. The number of amides is 2. The molecule has 2 heterocycles. The SMILES string of the molecule is O=C1NCC(=O)N2CC[C@H](c3c(O)ccc(Cl)c3Cl)C[C@H]12. The van der Waals surface area contributed by atoms with E-state index in [1.807, 2.05) is 0 Å². The number of piperidine rings is 1. The maximum Gasteiger partial charge on any atom is 0.243 e. The number of aromatic hydroxyl groups is 1. The lowest BCUT2D eigenvalue weighted by Gasteiger charge is -2.41. The number of nitrogens with one attached hydrogen (secondary N) is 1. The van der Waals surface area contributed by atoms with Crippen molar-refractivity contribution in [1.29, 1.82) is 0 Å². The van der Waals surface area contributed by atoms with Crippen LogP contribution in [0.4, 0.5) is 0 Å². The molecule has 2 saturated heterocycles. The number of nitrogens with zero attached hydrogens (tertiary/aromatic N) is 1. The molecule has 112 valence electrons. The van der Waals surface area contributed by atoms with Crippen LogP contribution in [0.3, 0.4) is 0 Å². The van der Waals surface area contributed by atoms with Crippen LogP contribution in [0.5, 0.6) is 5.75 Å². The van der Waals surface area contributed by atoms with Gasteiger partial charge in [-0.25, -0.2) is 0 Å². The van der Waals surface area contributed by atoms with Gasteiger partial charge in [-0.3, -0.25) is 9.59 Å². The van der Waals surface area contributed by atoms with Crippen LogP contribution in [-0.4, -0.2) is 41.0 Å². The van der Waals surface area contributed by atoms with Gasteiger partial charge in [0.15, 0.2) is 0 Å². The maximum atomic E-state index is 12.0. The molecule has 1 aromatic carbocycles. The average molecular weight is 329 g/mol. The number of carbonyl (C=O) groups is 2. The number of hydrogen-bond donors (Lipinski definition) is 2. The van der Waals surface area contributed by atoms with Crippen molar-refractivity contribution in [3.05, 3.63) is 27.7 Å². The minimum absolute atomic E-state index is 0.0587. The van der Waals surface area contributed by atoms with E-state index in [9.17, 15) is 14.7 Å². The molecule has 0 radical (unpaired) electrons. The van der Waals surface area contributed by atoms with E-state index in [-0.39, 0.29) is 30.0 Å². The number of carbonyl (C=O) groups excluding carboxylic acids is 2. The Morgan fingerprint density at radius 2 is 2.05 bits per heavy atom. The van der Waals surface area contributed by atoms with Crippen molar-refractivity contribution in [1.82, 2.24) is 10.2 Å². The molecule has 21 heavy (non-hydrogen) atoms. The van der Waals surface area contributed by atoms with E-state index in [1.165, 1.54) is 12.1 Å². The van der Waals surface area contributed by atoms with Gasteiger partial charge in [0.05, 0.1) is 16.6 Å². The zero-order chi connectivity index (χ0) is 15.1. The predicted molar refractivity (Wildman–Crippen MR) is 78.6 cm³/mol. The van der Waals surface area contributed by atoms with E-state index in [4.69, 9.17) is 23.2 Å². The van der Waals surface area contributed by atoms with Gasteiger partial charge < -0.3 is 15.3 Å². The first-order valence-electron chi connectivity index (χ1n) is 6.73. The van der Waals surface area contributed by atoms with Crippen molar-refractivity contribution in [2.75, 3.05) is 13.1 Å². The highest BCUT2D eigenvalue weighted by molar-refractivity contribution is 6.42. The van der Waals surface area contributed by atoms with E-state index in [0.29, 0.717) is 35.0 Å². The second-order valence-electron chi connectivity index (χ2n) is 5.34. The third kappa shape index (κ3) is 2.45. The van der Waals surface area contributed by atoms with Gasteiger partial charge in [0.25, 0.3) is 0 Å². The zero-order valence-corrected chi connectivity index (χ0v) is 12.6. The first kappa shape index (κ1) is 14.5. The van der Waals surface area contributed by atoms with Gasteiger partial charge in [-0.15, -0.1) is 0 Å². The molecular weight excluding hydrogens is 315 g/mol. The van der Waals surface area contributed by atoms with Crippen molar-refractivity contribution in [3.8, 4) is 5.75 Å². The fraction of sp³-hybridized carbons (Fsp3) is 0.429. The van der Waals surface area contributed by atoms with Crippen LogP contribution in [0.15, 0.2) is 12.1 Å². The predicted octanol–water partition coefficient (Wildman–Crippen LogP) is 1.90. The minimum atomic E-state index is -0.501. The van der Waals surface area contributed by atoms with Gasteiger partial charge in [0.2, 0.25) is 11.8 Å². The normalized spacial score (nSPS) is 25.5. The van der Waals surface area contributed by atoms with Crippen LogP contribution < -0.4 is 5.32 Å². The standard InChI is InChI=1S/C14H14Cl2N2O3/c15-8-1-2-10(19)12(13(8)16)7-3-4-18-9(5-7)14(21)17-6-11(18)20/h1-2,7,9,19H,3-6H2,(H,17,21)/t7-,9+/m0/s1. The Morgan fingerprint density at radius 1 is 1.29 bits per heavy atom. The second kappa shape index (κ2) is 5.39. The van der Waals surface area contributed by atoms with Gasteiger partial charge >= 0.3 is 0 Å². The van der Waals surface area contributed by atoms with E-state index in [0.717, 1.165) is 0 Å². The van der Waals surface area contributed by atoms with Gasteiger partial charge in [-0.1, -0.05) is 23.2 Å². The number of phenols is 1. The summed E-state index contributed by atoms with van der Waals surface area (Å²) in [6.45, 7) is 0.535. The Balaban J connectivity index is 1.91. The second-order valence-corrected chi connectivity index (χ2v) is 6.12. The molecular formula is C14H14Cl2N2O3. The largest absolute Gasteiger partial charge is 0.508 e. The monoisotopic (exact) mass is 328 g/mol. The van der Waals surface area contributed by atoms with E-state index < -0.39 is 6.04 Å². The summed E-state index contributed by atoms with van der Waals surface area (Å²) in [7, 11) is 0. The molecule has 0 saturated carbocycles. The maximum absolute atomic E-state index is 12.0. The van der Waals surface area contributed by atoms with Crippen molar-refractivity contribution in [2.24, 2.45) is 0 Å². The lowest BCUT2D eigenvalue weighted by atomic mass is 9.83. The van der Waals surface area contributed by atoms with Crippen LogP contribution in [-0.2, 0) is 9.59 Å². The number of piperazine rings is 1. The van der Waals surface area contributed by atoms with Crippen LogP contribution >= 0.6 is 23.2 Å². The molecule has 0 bridgehead atoms. The quantitative estimate of drug-likeness (QED) is 0.827. The topological polar surface area (TPSA) is 69.6 Å². The summed E-state index contributed by atoms with van der Waals surface area (Å²) in [6.07, 6.45) is 1.08. The molecule has 2 N–H and O–H groups in total. The molecule has 2 aliphatic rings. The van der Waals surface area contributed by atoms with Crippen LogP contribution in [0, 0.1) is 0 Å². The number of hydrogen-bond acceptors (Lipinski definition) is 3. The molecule has 3 rings (SSSR count). The number of rotatable bonds is 1. The summed E-state index contributed by atoms with van der Waals surface area (Å²) in [4.78, 5) is 25.4. The molecule has 2 fully saturated rings. The first-order chi connectivity index (χ1) is 9.99. The summed E-state index contributed by atoms with van der Waals surface area (Å²) >= 11 is 12.2. The molecule has 0 spiro atoms. The number of halogens is 2. The van der Waals surface area contributed by atoms with Crippen LogP contribution in [0.25, 0.3) is 0 Å². The van der Waals surface area contributed by atoms with Crippen molar-refractivity contribution in [2.45, 2.75) is 24.8 Å². The number of phenolic OH excluding ortho intramolecular Hbond substituents is 1. The molecule has 2 amide bonds. The van der Waals surface area contributed by atoms with E-state index in [2.05, 4.69) is 5.32 Å².